The topological polar surface area (TPSA) is 74.1 Å². The molecule has 92 valence electrons. The van der Waals surface area contributed by atoms with Crippen LogP contribution in [0.15, 0.2) is 23.2 Å². The summed E-state index contributed by atoms with van der Waals surface area (Å²) >= 11 is 5.59. The molecule has 1 rings (SSSR count). The highest BCUT2D eigenvalue weighted by atomic mass is 35.5. The largest absolute Gasteiger partial charge is 0.244 e. The summed E-state index contributed by atoms with van der Waals surface area (Å²) in [6, 6.07) is 4.79. The van der Waals surface area contributed by atoms with Crippen molar-refractivity contribution < 1.29 is 8.42 Å². The average Bonchev–Trinajstić information content (AvgIpc) is 2.29. The molecule has 5 nitrogen and oxygen atoms in total. The van der Waals surface area contributed by atoms with Crippen molar-refractivity contribution in [2.75, 3.05) is 13.6 Å². The van der Waals surface area contributed by atoms with Crippen molar-refractivity contribution >= 4 is 21.6 Å². The van der Waals surface area contributed by atoms with Crippen molar-refractivity contribution in [3.05, 3.63) is 23.5 Å². The number of hydrogen-bond acceptors (Lipinski definition) is 4. The molecule has 0 aliphatic carbocycles. The van der Waals surface area contributed by atoms with E-state index in [4.69, 9.17) is 16.9 Å². The Hall–Kier alpha value is -1.16. The Morgan fingerprint density at radius 3 is 2.71 bits per heavy atom. The van der Waals surface area contributed by atoms with E-state index in [0.717, 1.165) is 4.31 Å². The van der Waals surface area contributed by atoms with Crippen molar-refractivity contribution in [2.24, 2.45) is 5.92 Å². The van der Waals surface area contributed by atoms with Crippen molar-refractivity contribution in [3.63, 3.8) is 0 Å². The molecule has 1 atom stereocenters. The van der Waals surface area contributed by atoms with Crippen LogP contribution >= 0.6 is 11.6 Å². The van der Waals surface area contributed by atoms with Gasteiger partial charge in [0.1, 0.15) is 10.0 Å². The summed E-state index contributed by atoms with van der Waals surface area (Å²) in [4.78, 5) is 3.79. The summed E-state index contributed by atoms with van der Waals surface area (Å²) < 4.78 is 25.2. The summed E-state index contributed by atoms with van der Waals surface area (Å²) in [5, 5.41) is 8.89. The van der Waals surface area contributed by atoms with Crippen LogP contribution in [-0.2, 0) is 10.0 Å². The Bertz CT molecular complexity index is 521. The first kappa shape index (κ1) is 13.9. The Morgan fingerprint density at radius 2 is 2.24 bits per heavy atom. The highest BCUT2D eigenvalue weighted by Crippen LogP contribution is 2.16. The molecule has 1 aromatic rings. The molecule has 0 saturated heterocycles. The fourth-order valence-electron chi connectivity index (χ4n) is 1.22. The van der Waals surface area contributed by atoms with E-state index in [0.29, 0.717) is 0 Å². The van der Waals surface area contributed by atoms with Gasteiger partial charge in [-0.15, -0.1) is 0 Å². The van der Waals surface area contributed by atoms with E-state index in [1.165, 1.54) is 25.4 Å². The molecule has 0 aromatic carbocycles. The van der Waals surface area contributed by atoms with Gasteiger partial charge in [-0.3, -0.25) is 0 Å². The van der Waals surface area contributed by atoms with Gasteiger partial charge in [-0.25, -0.2) is 13.4 Å². The molecule has 1 unspecified atom stereocenters. The molecule has 0 radical (unpaired) electrons. The highest BCUT2D eigenvalue weighted by Gasteiger charge is 2.22. The van der Waals surface area contributed by atoms with Gasteiger partial charge < -0.3 is 0 Å². The van der Waals surface area contributed by atoms with Crippen molar-refractivity contribution in [1.82, 2.24) is 9.29 Å². The van der Waals surface area contributed by atoms with Crippen molar-refractivity contribution in [2.45, 2.75) is 11.8 Å². The van der Waals surface area contributed by atoms with Gasteiger partial charge in [0.25, 0.3) is 0 Å². The van der Waals surface area contributed by atoms with Gasteiger partial charge in [0.15, 0.2) is 0 Å². The second kappa shape index (κ2) is 5.45. The zero-order valence-electron chi connectivity index (χ0n) is 9.46. The van der Waals surface area contributed by atoms with Crippen molar-refractivity contribution in [3.8, 4) is 6.07 Å². The van der Waals surface area contributed by atoms with E-state index >= 15 is 0 Å². The van der Waals surface area contributed by atoms with E-state index in [1.807, 2.05) is 6.07 Å². The predicted molar refractivity (Wildman–Crippen MR) is 63.8 cm³/mol. The maximum absolute atomic E-state index is 12.0. The zero-order valence-corrected chi connectivity index (χ0v) is 11.0. The lowest BCUT2D eigenvalue weighted by molar-refractivity contribution is 0.439. The number of pyridine rings is 1. The third-order valence-corrected chi connectivity index (χ3v) is 4.19. The van der Waals surface area contributed by atoms with Gasteiger partial charge in [-0.2, -0.15) is 9.57 Å². The van der Waals surface area contributed by atoms with E-state index < -0.39 is 10.0 Å². The van der Waals surface area contributed by atoms with E-state index in [-0.39, 0.29) is 22.5 Å². The Kier molecular flexibility index (Phi) is 4.46. The molecule has 0 aliphatic rings. The summed E-state index contributed by atoms with van der Waals surface area (Å²) in [6.45, 7) is 1.80. The van der Waals surface area contributed by atoms with Crippen molar-refractivity contribution in [1.29, 1.82) is 5.26 Å². The molecular weight excluding hydrogens is 262 g/mol. The first-order chi connectivity index (χ1) is 7.87. The lowest BCUT2D eigenvalue weighted by Gasteiger charge is -2.17. The molecule has 0 bridgehead atoms. The second-order valence-corrected chi connectivity index (χ2v) is 6.06. The Balaban J connectivity index is 2.96. The molecule has 0 spiro atoms. The van der Waals surface area contributed by atoms with Gasteiger partial charge >= 0.3 is 0 Å². The minimum absolute atomic E-state index is 0.0644. The molecule has 0 N–H and O–H groups in total. The predicted octanol–water partition coefficient (Wildman–Crippen LogP) is 1.52. The molecule has 7 heteroatoms. The molecule has 0 saturated carbocycles. The fourth-order valence-corrected chi connectivity index (χ4v) is 2.54. The number of nitrogens with zero attached hydrogens (tertiary/aromatic N) is 3. The molecular formula is C10H12ClN3O2S. The lowest BCUT2D eigenvalue weighted by atomic mass is 10.2. The van der Waals surface area contributed by atoms with Crippen LogP contribution < -0.4 is 0 Å². The third-order valence-electron chi connectivity index (χ3n) is 2.16. The van der Waals surface area contributed by atoms with Gasteiger partial charge in [-0.05, 0) is 19.1 Å². The molecule has 0 aliphatic heterocycles. The van der Waals surface area contributed by atoms with Crippen LogP contribution in [0.1, 0.15) is 6.92 Å². The minimum Gasteiger partial charge on any atom is -0.243 e. The third kappa shape index (κ3) is 3.40. The molecule has 0 amide bonds. The Labute approximate surface area is 106 Å². The van der Waals surface area contributed by atoms with Crippen LogP contribution in [0.5, 0.6) is 0 Å². The van der Waals surface area contributed by atoms with Gasteiger partial charge in [0, 0.05) is 19.8 Å². The van der Waals surface area contributed by atoms with Crippen LogP contribution in [0.2, 0.25) is 5.15 Å². The molecule has 0 fully saturated rings. The van der Waals surface area contributed by atoms with Gasteiger partial charge in [0.2, 0.25) is 10.0 Å². The first-order valence-corrected chi connectivity index (χ1v) is 6.67. The molecule has 17 heavy (non-hydrogen) atoms. The maximum atomic E-state index is 12.0. The second-order valence-electron chi connectivity index (χ2n) is 3.63. The smallest absolute Gasteiger partial charge is 0.243 e. The van der Waals surface area contributed by atoms with Crippen LogP contribution in [0.4, 0.5) is 0 Å². The molecule has 1 aromatic heterocycles. The number of halogens is 1. The number of rotatable bonds is 4. The van der Waals surface area contributed by atoms with Crippen LogP contribution in [-0.4, -0.2) is 31.3 Å². The minimum atomic E-state index is -3.60. The fraction of sp³-hybridized carbons (Fsp3) is 0.400. The summed E-state index contributed by atoms with van der Waals surface area (Å²) in [7, 11) is -2.17. The van der Waals surface area contributed by atoms with Crippen LogP contribution in [0.25, 0.3) is 0 Å². The van der Waals surface area contributed by atoms with E-state index in [1.54, 1.807) is 6.92 Å². The SMILES string of the molecule is CC(C#N)CN(C)S(=O)(=O)c1ccc(Cl)nc1. The quantitative estimate of drug-likeness (QED) is 0.780. The van der Waals surface area contributed by atoms with Crippen LogP contribution in [0.3, 0.4) is 0 Å². The number of aromatic nitrogens is 1. The standard InChI is InChI=1S/C10H12ClN3O2S/c1-8(5-12)7-14(2)17(15,16)9-3-4-10(11)13-6-9/h3-4,6,8H,7H2,1-2H3. The van der Waals surface area contributed by atoms with Crippen LogP contribution in [0, 0.1) is 17.2 Å². The maximum Gasteiger partial charge on any atom is 0.244 e. The summed E-state index contributed by atoms with van der Waals surface area (Å²) in [6.07, 6.45) is 1.20. The highest BCUT2D eigenvalue weighted by molar-refractivity contribution is 7.89. The first-order valence-electron chi connectivity index (χ1n) is 4.85. The number of hydrogen-bond donors (Lipinski definition) is 0. The van der Waals surface area contributed by atoms with Gasteiger partial charge in [-0.1, -0.05) is 11.6 Å². The van der Waals surface area contributed by atoms with Gasteiger partial charge in [0.05, 0.1) is 12.0 Å². The zero-order chi connectivity index (χ0) is 13.1. The monoisotopic (exact) mass is 273 g/mol. The number of sulfonamides is 1. The summed E-state index contributed by atoms with van der Waals surface area (Å²) in [5.74, 6) is -0.366. The Morgan fingerprint density at radius 1 is 1.59 bits per heavy atom. The normalized spacial score (nSPS) is 13.4. The average molecular weight is 274 g/mol. The number of nitriles is 1. The lowest BCUT2D eigenvalue weighted by Crippen LogP contribution is -2.30. The summed E-state index contributed by atoms with van der Waals surface area (Å²) in [5.41, 5.74) is 0. The molecule has 1 heterocycles. The van der Waals surface area contributed by atoms with E-state index in [9.17, 15) is 8.42 Å². The van der Waals surface area contributed by atoms with E-state index in [2.05, 4.69) is 4.98 Å².